The number of nitrogens with zero attached hydrogens (tertiary/aromatic N) is 1. The highest BCUT2D eigenvalue weighted by Crippen LogP contribution is 2.24. The van der Waals surface area contributed by atoms with Gasteiger partial charge in [0.05, 0.1) is 13.2 Å². The Morgan fingerprint density at radius 2 is 1.83 bits per heavy atom. The third kappa shape index (κ3) is 7.07. The molecule has 0 saturated carbocycles. The Bertz CT molecular complexity index is 494. The predicted molar refractivity (Wildman–Crippen MR) is 90.9 cm³/mol. The lowest BCUT2D eigenvalue weighted by Crippen LogP contribution is -3.00. The molecule has 1 aliphatic heterocycles. The Hall–Kier alpha value is -1.30. The highest BCUT2D eigenvalue weighted by atomic mass is 35.5. The van der Waals surface area contributed by atoms with Gasteiger partial charge in [-0.1, -0.05) is 32.9 Å². The summed E-state index contributed by atoms with van der Waals surface area (Å²) in [5.41, 5.74) is 1.37. The number of rotatable bonds is 6. The van der Waals surface area contributed by atoms with Crippen LogP contribution < -0.4 is 22.5 Å². The van der Waals surface area contributed by atoms with E-state index in [1.54, 1.807) is 0 Å². The monoisotopic (exact) mass is 355 g/mol. The maximum Gasteiger partial charge on any atom is 0.257 e. The maximum absolute atomic E-state index is 11.8. The Balaban J connectivity index is 0.00000288. The van der Waals surface area contributed by atoms with E-state index in [0.717, 1.165) is 38.6 Å². The normalized spacial score (nSPS) is 15.5. The molecule has 24 heavy (non-hydrogen) atoms. The van der Waals surface area contributed by atoms with E-state index in [-0.39, 0.29) is 30.3 Å². The quantitative estimate of drug-likeness (QED) is 0.697. The first kappa shape index (κ1) is 20.7. The minimum atomic E-state index is -0.0850. The smallest absolute Gasteiger partial charge is 0.257 e. The van der Waals surface area contributed by atoms with Crippen LogP contribution >= 0.6 is 0 Å². The van der Waals surface area contributed by atoms with E-state index in [9.17, 15) is 4.79 Å². The van der Waals surface area contributed by atoms with E-state index < -0.39 is 0 Å². The number of hydrogen-bond donors (Lipinski definition) is 1. The highest BCUT2D eigenvalue weighted by Gasteiger charge is 2.13. The molecule has 1 aliphatic rings. The first-order valence-electron chi connectivity index (χ1n) is 8.25. The van der Waals surface area contributed by atoms with Gasteiger partial charge in [-0.25, -0.2) is 0 Å². The first-order valence-corrected chi connectivity index (χ1v) is 8.25. The van der Waals surface area contributed by atoms with Crippen molar-refractivity contribution in [2.24, 2.45) is 0 Å². The summed E-state index contributed by atoms with van der Waals surface area (Å²) in [5, 5.41) is 2.89. The summed E-state index contributed by atoms with van der Waals surface area (Å²) in [6, 6.07) is 7.93. The number of carbonyl (C=O) groups is 1. The number of amides is 1. The molecule has 1 amide bonds. The summed E-state index contributed by atoms with van der Waals surface area (Å²) in [6.07, 6.45) is 0. The number of carbonyl (C=O) groups excluding carboxylic acids is 1. The van der Waals surface area contributed by atoms with Gasteiger partial charge in [0, 0.05) is 26.2 Å². The predicted octanol–water partition coefficient (Wildman–Crippen LogP) is -1.18. The number of halogens is 1. The maximum atomic E-state index is 11.8. The molecule has 1 aromatic rings. The minimum absolute atomic E-state index is 0. The third-order valence-corrected chi connectivity index (χ3v) is 3.94. The number of morpholine rings is 1. The minimum Gasteiger partial charge on any atom is -1.00 e. The van der Waals surface area contributed by atoms with Crippen LogP contribution in [-0.2, 0) is 14.9 Å². The molecule has 0 unspecified atom stereocenters. The molecule has 0 bridgehead atoms. The highest BCUT2D eigenvalue weighted by molar-refractivity contribution is 5.77. The van der Waals surface area contributed by atoms with Gasteiger partial charge in [-0.2, -0.15) is 0 Å². The summed E-state index contributed by atoms with van der Waals surface area (Å²) < 4.78 is 10.8. The Morgan fingerprint density at radius 1 is 1.21 bits per heavy atom. The second-order valence-corrected chi connectivity index (χ2v) is 6.87. The Morgan fingerprint density at radius 3 is 2.42 bits per heavy atom. The lowest BCUT2D eigenvalue weighted by atomic mass is 9.87. The number of hydrogen-bond acceptors (Lipinski definition) is 4. The van der Waals surface area contributed by atoms with Crippen LogP contribution in [0.5, 0.6) is 5.75 Å². The zero-order valence-corrected chi connectivity index (χ0v) is 15.6. The molecule has 0 atom stereocenters. The van der Waals surface area contributed by atoms with Crippen LogP contribution in [0.25, 0.3) is 0 Å². The van der Waals surface area contributed by atoms with Crippen LogP contribution in [0.3, 0.4) is 0 Å². The van der Waals surface area contributed by atoms with Crippen LogP contribution in [0.15, 0.2) is 24.3 Å². The Kier molecular flexibility index (Phi) is 8.53. The average molecular weight is 356 g/mol. The van der Waals surface area contributed by atoms with Gasteiger partial charge >= 0.3 is 0 Å². The molecule has 1 fully saturated rings. The summed E-state index contributed by atoms with van der Waals surface area (Å²) in [4.78, 5) is 14.1. The van der Waals surface area contributed by atoms with E-state index in [0.29, 0.717) is 6.54 Å². The molecule has 0 radical (unpaired) electrons. The van der Waals surface area contributed by atoms with Gasteiger partial charge in [0.1, 0.15) is 5.75 Å². The van der Waals surface area contributed by atoms with E-state index >= 15 is 0 Å². The third-order valence-electron chi connectivity index (χ3n) is 3.94. The molecular formula is C18H28ClN2O3-. The number of nitrogens with one attached hydrogen (secondary N) is 1. The van der Waals surface area contributed by atoms with Crippen molar-refractivity contribution >= 4 is 5.91 Å². The van der Waals surface area contributed by atoms with Gasteiger partial charge in [0.2, 0.25) is 0 Å². The molecular weight excluding hydrogens is 328 g/mol. The molecule has 2 rings (SSSR count). The van der Waals surface area contributed by atoms with Crippen LogP contribution in [0.4, 0.5) is 0 Å². The van der Waals surface area contributed by atoms with Crippen molar-refractivity contribution in [2.45, 2.75) is 26.2 Å². The second kappa shape index (κ2) is 9.87. The molecule has 6 heteroatoms. The van der Waals surface area contributed by atoms with Crippen molar-refractivity contribution in [1.29, 1.82) is 0 Å². The molecule has 5 nitrogen and oxygen atoms in total. The van der Waals surface area contributed by atoms with Gasteiger partial charge in [-0.3, -0.25) is 9.69 Å². The van der Waals surface area contributed by atoms with Crippen molar-refractivity contribution in [3.8, 4) is 5.75 Å². The average Bonchev–Trinajstić information content (AvgIpc) is 2.53. The van der Waals surface area contributed by atoms with E-state index in [1.165, 1.54) is 5.56 Å². The zero-order chi connectivity index (χ0) is 16.7. The molecule has 136 valence electrons. The SMILES string of the molecule is CC(C)(C)c1ccc(OCC(=O)NCCN2CCOCC2)cc1.[Cl-]. The van der Waals surface area contributed by atoms with Crippen molar-refractivity contribution in [3.63, 3.8) is 0 Å². The molecule has 1 N–H and O–H groups in total. The summed E-state index contributed by atoms with van der Waals surface area (Å²) in [7, 11) is 0. The summed E-state index contributed by atoms with van der Waals surface area (Å²) in [5.74, 6) is 0.638. The van der Waals surface area contributed by atoms with Gasteiger partial charge in [-0.15, -0.1) is 0 Å². The fraction of sp³-hybridized carbons (Fsp3) is 0.611. The van der Waals surface area contributed by atoms with E-state index in [4.69, 9.17) is 9.47 Å². The van der Waals surface area contributed by atoms with E-state index in [1.807, 2.05) is 24.3 Å². The molecule has 1 aromatic carbocycles. The lowest BCUT2D eigenvalue weighted by Gasteiger charge is -2.26. The van der Waals surface area contributed by atoms with Crippen molar-refractivity contribution in [3.05, 3.63) is 29.8 Å². The topological polar surface area (TPSA) is 50.8 Å². The molecule has 1 heterocycles. The first-order chi connectivity index (χ1) is 10.9. The fourth-order valence-corrected chi connectivity index (χ4v) is 2.43. The largest absolute Gasteiger partial charge is 1.00 e. The van der Waals surface area contributed by atoms with Gasteiger partial charge in [0.15, 0.2) is 6.61 Å². The number of benzene rings is 1. The lowest BCUT2D eigenvalue weighted by molar-refractivity contribution is -0.123. The van der Waals surface area contributed by atoms with Gasteiger partial charge in [0.25, 0.3) is 5.91 Å². The second-order valence-electron chi connectivity index (χ2n) is 6.87. The number of ether oxygens (including phenoxy) is 2. The van der Waals surface area contributed by atoms with Crippen LogP contribution in [0.1, 0.15) is 26.3 Å². The Labute approximate surface area is 151 Å². The van der Waals surface area contributed by atoms with Crippen LogP contribution in [0, 0.1) is 0 Å². The molecule has 0 aliphatic carbocycles. The molecule has 0 aromatic heterocycles. The standard InChI is InChI=1S/C18H28N2O3.ClH/c1-18(2,3)15-4-6-16(7-5-15)23-14-17(21)19-8-9-20-10-12-22-13-11-20;/h4-7H,8-14H2,1-3H3,(H,19,21);1H/p-1. The summed E-state index contributed by atoms with van der Waals surface area (Å²) in [6.45, 7) is 11.5. The molecule has 0 spiro atoms. The fourth-order valence-electron chi connectivity index (χ4n) is 2.43. The van der Waals surface area contributed by atoms with Crippen LogP contribution in [0.2, 0.25) is 0 Å². The van der Waals surface area contributed by atoms with Crippen LogP contribution in [-0.4, -0.2) is 56.8 Å². The van der Waals surface area contributed by atoms with Crippen molar-refractivity contribution in [2.75, 3.05) is 46.0 Å². The molecule has 1 saturated heterocycles. The van der Waals surface area contributed by atoms with Crippen molar-refractivity contribution < 1.29 is 26.7 Å². The van der Waals surface area contributed by atoms with Gasteiger partial charge < -0.3 is 27.2 Å². The summed E-state index contributed by atoms with van der Waals surface area (Å²) >= 11 is 0. The van der Waals surface area contributed by atoms with Crippen molar-refractivity contribution in [1.82, 2.24) is 10.2 Å². The zero-order valence-electron chi connectivity index (χ0n) is 14.8. The van der Waals surface area contributed by atoms with Gasteiger partial charge in [-0.05, 0) is 23.1 Å². The van der Waals surface area contributed by atoms with E-state index in [2.05, 4.69) is 31.0 Å².